The van der Waals surface area contributed by atoms with Gasteiger partial charge >= 0.3 is 12.2 Å². The third-order valence-corrected chi connectivity index (χ3v) is 5.53. The van der Waals surface area contributed by atoms with Crippen molar-refractivity contribution in [3.05, 3.63) is 66.7 Å². The molecule has 0 radical (unpaired) electrons. The number of nitrogens with zero attached hydrogens (tertiary/aromatic N) is 1. The average molecular weight is 459 g/mol. The number of hydrogen-bond acceptors (Lipinski definition) is 4. The van der Waals surface area contributed by atoms with Gasteiger partial charge in [-0.2, -0.15) is 4.57 Å². The number of rotatable bonds is 6. The smallest absolute Gasteiger partial charge is 0.411 e. The number of carbonyl (C=O) groups is 2. The Kier molecular flexibility index (Phi) is 6.92. The number of carbonyl (C=O) groups excluding carboxylic acids is 2. The van der Waals surface area contributed by atoms with E-state index < -0.39 is 12.2 Å². The molecule has 7 heteroatoms. The zero-order valence-electron chi connectivity index (χ0n) is 19.6. The molecule has 2 amide bonds. The zero-order valence-corrected chi connectivity index (χ0v) is 19.6. The molecular weight excluding hydrogens is 430 g/mol. The van der Waals surface area contributed by atoms with E-state index in [0.29, 0.717) is 31.1 Å². The molecule has 1 heterocycles. The summed E-state index contributed by atoms with van der Waals surface area (Å²) in [5, 5.41) is 8.68. The molecule has 0 fully saturated rings. The maximum absolute atomic E-state index is 12.0. The molecule has 0 aliphatic heterocycles. The summed E-state index contributed by atoms with van der Waals surface area (Å²) in [5.41, 5.74) is 4.37. The molecule has 0 atom stereocenters. The average Bonchev–Trinajstić information content (AvgIpc) is 2.83. The van der Waals surface area contributed by atoms with Crippen LogP contribution < -0.4 is 15.2 Å². The number of fused-ring (bicyclic) bond motifs is 3. The number of benzene rings is 3. The van der Waals surface area contributed by atoms with Crippen molar-refractivity contribution in [1.82, 2.24) is 0 Å². The summed E-state index contributed by atoms with van der Waals surface area (Å²) in [6.07, 6.45) is -0.967. The van der Waals surface area contributed by atoms with Gasteiger partial charge in [-0.05, 0) is 57.2 Å². The van der Waals surface area contributed by atoms with Crippen molar-refractivity contribution in [2.45, 2.75) is 27.3 Å². The highest BCUT2D eigenvalue weighted by atomic mass is 16.6. The van der Waals surface area contributed by atoms with E-state index in [0.717, 1.165) is 32.9 Å². The second-order valence-corrected chi connectivity index (χ2v) is 7.64. The van der Waals surface area contributed by atoms with Crippen LogP contribution in [0.25, 0.3) is 32.9 Å². The topological polar surface area (TPSA) is 80.5 Å². The van der Waals surface area contributed by atoms with Gasteiger partial charge in [0.1, 0.15) is 6.54 Å². The minimum absolute atomic E-state index is 0.303. The largest absolute Gasteiger partial charge is 0.450 e. The van der Waals surface area contributed by atoms with Crippen LogP contribution in [0.4, 0.5) is 21.0 Å². The molecule has 34 heavy (non-hydrogen) atoms. The highest BCUT2D eigenvalue weighted by Gasteiger charge is 2.23. The summed E-state index contributed by atoms with van der Waals surface area (Å²) < 4.78 is 12.3. The number of ether oxygens (including phenoxy) is 2. The van der Waals surface area contributed by atoms with E-state index >= 15 is 0 Å². The number of nitrogens with one attached hydrogen (secondary N) is 2. The van der Waals surface area contributed by atoms with Gasteiger partial charge in [-0.25, -0.2) is 9.59 Å². The SMILES string of the molecule is CCOC(=O)Nc1ccc2c(c1)c(-c1ccccc1)[n+](CC)c1cc(NC(=O)OCC)ccc21. The van der Waals surface area contributed by atoms with E-state index in [9.17, 15) is 9.59 Å². The van der Waals surface area contributed by atoms with Crippen molar-refractivity contribution in [3.63, 3.8) is 0 Å². The van der Waals surface area contributed by atoms with Gasteiger partial charge in [0.05, 0.1) is 29.7 Å². The monoisotopic (exact) mass is 458 g/mol. The van der Waals surface area contributed by atoms with Gasteiger partial charge in [0.2, 0.25) is 11.2 Å². The number of pyridine rings is 1. The van der Waals surface area contributed by atoms with E-state index in [1.807, 2.05) is 54.6 Å². The van der Waals surface area contributed by atoms with E-state index in [-0.39, 0.29) is 0 Å². The first-order valence-electron chi connectivity index (χ1n) is 11.4. The first-order chi connectivity index (χ1) is 16.5. The summed E-state index contributed by atoms with van der Waals surface area (Å²) in [4.78, 5) is 24.0. The van der Waals surface area contributed by atoms with E-state index in [1.54, 1.807) is 13.8 Å². The van der Waals surface area contributed by atoms with Crippen molar-refractivity contribution in [2.75, 3.05) is 23.8 Å². The zero-order chi connectivity index (χ0) is 24.1. The van der Waals surface area contributed by atoms with Crippen molar-refractivity contribution < 1.29 is 23.6 Å². The minimum Gasteiger partial charge on any atom is -0.450 e. The van der Waals surface area contributed by atoms with Crippen molar-refractivity contribution in [2.24, 2.45) is 0 Å². The molecular formula is C27H28N3O4+. The van der Waals surface area contributed by atoms with Crippen LogP contribution in [0.2, 0.25) is 0 Å². The summed E-state index contributed by atoms with van der Waals surface area (Å²) in [6, 6.07) is 21.8. The predicted molar refractivity (Wildman–Crippen MR) is 134 cm³/mol. The van der Waals surface area contributed by atoms with Gasteiger partial charge in [0.25, 0.3) is 0 Å². The highest BCUT2D eigenvalue weighted by Crippen LogP contribution is 2.34. The second-order valence-electron chi connectivity index (χ2n) is 7.64. The first kappa shape index (κ1) is 23.0. The molecule has 0 unspecified atom stereocenters. The Balaban J connectivity index is 1.97. The number of aryl methyl sites for hydroxylation is 1. The molecule has 0 saturated carbocycles. The lowest BCUT2D eigenvalue weighted by molar-refractivity contribution is -0.655. The summed E-state index contributed by atoms with van der Waals surface area (Å²) in [7, 11) is 0. The fourth-order valence-corrected chi connectivity index (χ4v) is 4.18. The maximum Gasteiger partial charge on any atom is 0.411 e. The third kappa shape index (κ3) is 4.64. The van der Waals surface area contributed by atoms with Gasteiger partial charge < -0.3 is 9.47 Å². The number of aromatic nitrogens is 1. The predicted octanol–water partition coefficient (Wildman–Crippen LogP) is 6.10. The Morgan fingerprint density at radius 1 is 0.735 bits per heavy atom. The fourth-order valence-electron chi connectivity index (χ4n) is 4.18. The number of hydrogen-bond donors (Lipinski definition) is 2. The molecule has 4 aromatic rings. The van der Waals surface area contributed by atoms with Crippen LogP contribution in [-0.4, -0.2) is 25.4 Å². The minimum atomic E-state index is -0.484. The van der Waals surface area contributed by atoms with Gasteiger partial charge in [-0.15, -0.1) is 0 Å². The summed E-state index contributed by atoms with van der Waals surface area (Å²) >= 11 is 0. The van der Waals surface area contributed by atoms with Gasteiger partial charge in [-0.3, -0.25) is 10.6 Å². The normalized spacial score (nSPS) is 10.8. The fraction of sp³-hybridized carbons (Fsp3) is 0.222. The molecule has 0 spiro atoms. The van der Waals surface area contributed by atoms with Crippen LogP contribution in [0.15, 0.2) is 66.7 Å². The van der Waals surface area contributed by atoms with Gasteiger partial charge in [-0.1, -0.05) is 24.3 Å². The Hall–Kier alpha value is -4.13. The highest BCUT2D eigenvalue weighted by molar-refractivity contribution is 6.11. The lowest BCUT2D eigenvalue weighted by Gasteiger charge is -2.14. The number of anilines is 2. The van der Waals surface area contributed by atoms with E-state index in [2.05, 4.69) is 34.3 Å². The Labute approximate surface area is 198 Å². The van der Waals surface area contributed by atoms with Gasteiger partial charge in [0.15, 0.2) is 0 Å². The van der Waals surface area contributed by atoms with E-state index in [1.165, 1.54) is 0 Å². The molecule has 3 aromatic carbocycles. The molecule has 7 nitrogen and oxygen atoms in total. The molecule has 174 valence electrons. The molecule has 0 aliphatic carbocycles. The first-order valence-corrected chi connectivity index (χ1v) is 11.4. The van der Waals surface area contributed by atoms with E-state index in [4.69, 9.17) is 9.47 Å². The molecule has 4 rings (SSSR count). The Morgan fingerprint density at radius 2 is 1.32 bits per heavy atom. The third-order valence-electron chi connectivity index (χ3n) is 5.53. The lowest BCUT2D eigenvalue weighted by Crippen LogP contribution is -2.36. The second kappa shape index (κ2) is 10.2. The molecule has 2 N–H and O–H groups in total. The van der Waals surface area contributed by atoms with Crippen molar-refractivity contribution in [3.8, 4) is 11.3 Å². The van der Waals surface area contributed by atoms with Crippen molar-refractivity contribution in [1.29, 1.82) is 0 Å². The van der Waals surface area contributed by atoms with Crippen LogP contribution in [0, 0.1) is 0 Å². The van der Waals surface area contributed by atoms with Crippen LogP contribution >= 0.6 is 0 Å². The van der Waals surface area contributed by atoms with Crippen LogP contribution in [0.3, 0.4) is 0 Å². The molecule has 0 bridgehead atoms. The Morgan fingerprint density at radius 3 is 1.91 bits per heavy atom. The molecule has 0 saturated heterocycles. The molecule has 1 aromatic heterocycles. The number of amides is 2. The maximum atomic E-state index is 12.0. The molecule has 0 aliphatic rings. The van der Waals surface area contributed by atoms with Gasteiger partial charge in [0, 0.05) is 22.7 Å². The summed E-state index contributed by atoms with van der Waals surface area (Å²) in [6.45, 7) is 6.94. The van der Waals surface area contributed by atoms with Crippen LogP contribution in [-0.2, 0) is 16.0 Å². The van der Waals surface area contributed by atoms with Crippen LogP contribution in [0.5, 0.6) is 0 Å². The quantitative estimate of drug-likeness (QED) is 0.270. The lowest BCUT2D eigenvalue weighted by atomic mass is 9.98. The summed E-state index contributed by atoms with van der Waals surface area (Å²) in [5.74, 6) is 0. The van der Waals surface area contributed by atoms with Crippen molar-refractivity contribution >= 4 is 45.2 Å². The van der Waals surface area contributed by atoms with Crippen LogP contribution in [0.1, 0.15) is 20.8 Å². The standard InChI is InChI=1S/C27H27N3O4/c1-4-30-24-17-20(29-27(32)34-6-3)13-15-22(24)21-14-12-19(28-26(31)33-5-2)16-23(21)25(30)18-10-8-7-9-11-18/h7-17H,4-6H2,1-3H3,(H,28,31)/p+1. The Bertz CT molecular complexity index is 1350.